The Morgan fingerprint density at radius 2 is 1.67 bits per heavy atom. The molecule has 0 saturated heterocycles. The number of halogens is 3. The summed E-state index contributed by atoms with van der Waals surface area (Å²) in [6.07, 6.45) is -4.56. The number of carbonyl (C=O) groups excluding carboxylic acids is 3. The number of hydroxylamine groups is 2. The molecule has 2 heterocycles. The van der Waals surface area contributed by atoms with Gasteiger partial charge in [-0.05, 0) is 37.3 Å². The molecule has 1 aromatic heterocycles. The first kappa shape index (κ1) is 19.4. The maximum absolute atomic E-state index is 12.9. The number of amides is 2. The van der Waals surface area contributed by atoms with Gasteiger partial charge in [-0.15, -0.1) is 0 Å². The van der Waals surface area contributed by atoms with E-state index in [2.05, 4.69) is 4.98 Å². The largest absolute Gasteiger partial charge is 0.441 e. The second-order valence-electron chi connectivity index (χ2n) is 6.33. The number of imide groups is 1. The van der Waals surface area contributed by atoms with Gasteiger partial charge in [0.15, 0.2) is 5.69 Å². The molecule has 7 nitrogen and oxygen atoms in total. The average Bonchev–Trinajstić information content (AvgIpc) is 3.21. The number of oxazole rings is 1. The molecule has 0 aliphatic carbocycles. The number of fused-ring (bicyclic) bond motifs is 1. The van der Waals surface area contributed by atoms with Crippen LogP contribution in [0.25, 0.3) is 11.5 Å². The Morgan fingerprint density at radius 1 is 1.03 bits per heavy atom. The highest BCUT2D eigenvalue weighted by atomic mass is 19.4. The van der Waals surface area contributed by atoms with Crippen molar-refractivity contribution in [1.29, 1.82) is 0 Å². The summed E-state index contributed by atoms with van der Waals surface area (Å²) in [4.78, 5) is 45.8. The van der Waals surface area contributed by atoms with E-state index in [4.69, 9.17) is 9.25 Å². The van der Waals surface area contributed by atoms with Crippen LogP contribution < -0.4 is 0 Å². The molecule has 3 aromatic rings. The maximum Gasteiger partial charge on any atom is 0.416 e. The average molecular weight is 416 g/mol. The van der Waals surface area contributed by atoms with Crippen molar-refractivity contribution in [2.45, 2.75) is 13.1 Å². The molecule has 4 rings (SSSR count). The number of aryl methyl sites for hydroxylation is 1. The van der Waals surface area contributed by atoms with Crippen molar-refractivity contribution >= 4 is 17.8 Å². The van der Waals surface area contributed by atoms with Crippen LogP contribution in [0.3, 0.4) is 0 Å². The molecule has 1 aliphatic heterocycles. The quantitative estimate of drug-likeness (QED) is 0.599. The Balaban J connectivity index is 1.60. The van der Waals surface area contributed by atoms with Gasteiger partial charge in [0.1, 0.15) is 5.76 Å². The fourth-order valence-electron chi connectivity index (χ4n) is 2.91. The first-order chi connectivity index (χ1) is 14.2. The highest BCUT2D eigenvalue weighted by Crippen LogP contribution is 2.32. The van der Waals surface area contributed by atoms with Gasteiger partial charge in [-0.3, -0.25) is 9.59 Å². The van der Waals surface area contributed by atoms with Gasteiger partial charge in [0, 0.05) is 5.56 Å². The minimum Gasteiger partial charge on any atom is -0.441 e. The molecule has 0 saturated carbocycles. The lowest BCUT2D eigenvalue weighted by atomic mass is 10.1. The zero-order valence-electron chi connectivity index (χ0n) is 15.2. The number of benzene rings is 2. The molecule has 0 spiro atoms. The van der Waals surface area contributed by atoms with Gasteiger partial charge in [-0.25, -0.2) is 9.78 Å². The second-order valence-corrected chi connectivity index (χ2v) is 6.33. The summed E-state index contributed by atoms with van der Waals surface area (Å²) in [6, 6.07) is 10.2. The van der Waals surface area contributed by atoms with Crippen molar-refractivity contribution in [3.05, 3.63) is 76.7 Å². The van der Waals surface area contributed by atoms with Crippen LogP contribution in [0.1, 0.15) is 42.5 Å². The van der Waals surface area contributed by atoms with Crippen molar-refractivity contribution in [3.8, 4) is 11.5 Å². The van der Waals surface area contributed by atoms with Crippen molar-refractivity contribution in [1.82, 2.24) is 10.0 Å². The van der Waals surface area contributed by atoms with E-state index in [9.17, 15) is 27.6 Å². The third-order valence-electron chi connectivity index (χ3n) is 4.36. The normalized spacial score (nSPS) is 13.5. The van der Waals surface area contributed by atoms with Gasteiger partial charge < -0.3 is 9.25 Å². The van der Waals surface area contributed by atoms with Gasteiger partial charge in [-0.1, -0.05) is 23.3 Å². The van der Waals surface area contributed by atoms with Crippen molar-refractivity contribution in [3.63, 3.8) is 0 Å². The van der Waals surface area contributed by atoms with Crippen LogP contribution in [0.15, 0.2) is 52.9 Å². The van der Waals surface area contributed by atoms with Crippen molar-refractivity contribution < 1.29 is 36.8 Å². The van der Waals surface area contributed by atoms with Crippen molar-refractivity contribution in [2.24, 2.45) is 0 Å². The summed E-state index contributed by atoms with van der Waals surface area (Å²) in [6.45, 7) is 1.35. The lowest BCUT2D eigenvalue weighted by Gasteiger charge is -2.11. The smallest absolute Gasteiger partial charge is 0.416 e. The van der Waals surface area contributed by atoms with E-state index in [1.165, 1.54) is 31.2 Å². The van der Waals surface area contributed by atoms with Gasteiger partial charge >= 0.3 is 12.1 Å². The molecule has 1 aliphatic rings. The van der Waals surface area contributed by atoms with E-state index in [0.717, 1.165) is 12.1 Å². The van der Waals surface area contributed by atoms with Gasteiger partial charge in [0.05, 0.1) is 16.7 Å². The van der Waals surface area contributed by atoms with Crippen LogP contribution in [-0.2, 0) is 11.0 Å². The predicted octanol–water partition coefficient (Wildman–Crippen LogP) is 4.04. The Hall–Kier alpha value is -3.95. The minimum absolute atomic E-state index is 0.00675. The van der Waals surface area contributed by atoms with E-state index in [1.54, 1.807) is 12.1 Å². The topological polar surface area (TPSA) is 89.7 Å². The Kier molecular flexibility index (Phi) is 4.41. The molecule has 0 atom stereocenters. The number of hydrogen-bond donors (Lipinski definition) is 0. The molecule has 0 N–H and O–H groups in total. The number of carbonyl (C=O) groups is 3. The number of aromatic nitrogens is 1. The lowest BCUT2D eigenvalue weighted by molar-refractivity contribution is -0.137. The summed E-state index contributed by atoms with van der Waals surface area (Å²) in [7, 11) is 0. The SMILES string of the molecule is Cc1oc(-c2cccc(C(F)(F)F)c2)nc1C(=O)ON1C(=O)c2ccccc2C1=O. The summed E-state index contributed by atoms with van der Waals surface area (Å²) in [5.41, 5.74) is -1.13. The molecule has 0 fully saturated rings. The molecule has 30 heavy (non-hydrogen) atoms. The summed E-state index contributed by atoms with van der Waals surface area (Å²) in [5.74, 6) is -3.09. The van der Waals surface area contributed by atoms with E-state index >= 15 is 0 Å². The van der Waals surface area contributed by atoms with Crippen LogP contribution in [-0.4, -0.2) is 27.8 Å². The summed E-state index contributed by atoms with van der Waals surface area (Å²) in [5, 5.41) is 0.311. The summed E-state index contributed by atoms with van der Waals surface area (Å²) >= 11 is 0. The Labute approximate surface area is 166 Å². The van der Waals surface area contributed by atoms with E-state index in [1.807, 2.05) is 0 Å². The molecule has 0 radical (unpaired) electrons. The third kappa shape index (κ3) is 3.21. The number of rotatable bonds is 3. The number of nitrogens with zero attached hydrogens (tertiary/aromatic N) is 2. The third-order valence-corrected chi connectivity index (χ3v) is 4.36. The van der Waals surface area contributed by atoms with Crippen LogP contribution in [0.4, 0.5) is 13.2 Å². The van der Waals surface area contributed by atoms with Gasteiger partial charge in [-0.2, -0.15) is 13.2 Å². The Morgan fingerprint density at radius 3 is 2.27 bits per heavy atom. The number of hydrogen-bond acceptors (Lipinski definition) is 6. The molecule has 152 valence electrons. The minimum atomic E-state index is -4.56. The molecular weight excluding hydrogens is 405 g/mol. The monoisotopic (exact) mass is 416 g/mol. The number of alkyl halides is 3. The maximum atomic E-state index is 12.9. The fraction of sp³-hybridized carbons (Fsp3) is 0.100. The molecule has 0 bridgehead atoms. The second kappa shape index (κ2) is 6.83. The Bertz CT molecular complexity index is 1160. The molecule has 2 amide bonds. The van der Waals surface area contributed by atoms with E-state index in [-0.39, 0.29) is 34.0 Å². The standard InChI is InChI=1S/C20H11F3N2O5/c1-10-15(24-16(29-10)11-5-4-6-12(9-11)20(21,22)23)19(28)30-25-17(26)13-7-2-3-8-14(13)18(25)27/h2-9H,1H3. The first-order valence-corrected chi connectivity index (χ1v) is 8.52. The zero-order valence-corrected chi connectivity index (χ0v) is 15.2. The van der Waals surface area contributed by atoms with E-state index < -0.39 is 29.5 Å². The highest BCUT2D eigenvalue weighted by Gasteiger charge is 2.39. The zero-order chi connectivity index (χ0) is 21.6. The van der Waals surface area contributed by atoms with Crippen LogP contribution in [0, 0.1) is 6.92 Å². The highest BCUT2D eigenvalue weighted by molar-refractivity contribution is 6.21. The fourth-order valence-corrected chi connectivity index (χ4v) is 2.91. The molecule has 2 aromatic carbocycles. The first-order valence-electron chi connectivity index (χ1n) is 8.52. The molecule has 0 unspecified atom stereocenters. The van der Waals surface area contributed by atoms with Gasteiger partial charge in [0.2, 0.25) is 5.89 Å². The molecular formula is C20H11F3N2O5. The van der Waals surface area contributed by atoms with Crippen LogP contribution in [0.2, 0.25) is 0 Å². The molecule has 10 heteroatoms. The van der Waals surface area contributed by atoms with E-state index in [0.29, 0.717) is 5.06 Å². The van der Waals surface area contributed by atoms with Crippen molar-refractivity contribution in [2.75, 3.05) is 0 Å². The predicted molar refractivity (Wildman–Crippen MR) is 94.0 cm³/mol. The lowest BCUT2D eigenvalue weighted by Crippen LogP contribution is -2.33. The van der Waals surface area contributed by atoms with Crippen LogP contribution in [0.5, 0.6) is 0 Å². The van der Waals surface area contributed by atoms with Gasteiger partial charge in [0.25, 0.3) is 11.8 Å². The summed E-state index contributed by atoms with van der Waals surface area (Å²) < 4.78 is 44.0. The van der Waals surface area contributed by atoms with Crippen LogP contribution >= 0.6 is 0 Å².